The Labute approximate surface area is 774 Å². The van der Waals surface area contributed by atoms with Crippen LogP contribution in [0.4, 0.5) is 0 Å². The molecule has 0 radical (unpaired) electrons. The van der Waals surface area contributed by atoms with Gasteiger partial charge in [0.2, 0.25) is 0 Å². The molecule has 3 nitrogen and oxygen atoms in total. The Morgan fingerprint density at radius 2 is 0.430 bits per heavy atom. The van der Waals surface area contributed by atoms with Crippen molar-refractivity contribution in [3.8, 4) is 62.6 Å². The van der Waals surface area contributed by atoms with E-state index in [-0.39, 0.29) is 0 Å². The number of hydrogen-bond donors (Lipinski definition) is 0. The van der Waals surface area contributed by atoms with Gasteiger partial charge < -0.3 is 0 Å². The summed E-state index contributed by atoms with van der Waals surface area (Å²) in [6.07, 6.45) is 0. The molecule has 0 N–H and O–H groups in total. The molecule has 0 saturated carbocycles. The molecule has 9 aromatic carbocycles. The Morgan fingerprint density at radius 3 is 0.654 bits per heavy atom. The molecule has 0 spiro atoms. The first-order valence-electron chi connectivity index (χ1n) is 30.4. The molecule has 6 heterocycles. The summed E-state index contributed by atoms with van der Waals surface area (Å²) < 4.78 is 43.6. The second kappa shape index (κ2) is 49.7. The molecule has 15 rings (SSSR count). The zero-order valence-corrected chi connectivity index (χ0v) is 82.1. The van der Waals surface area contributed by atoms with Gasteiger partial charge in [0.15, 0.2) is 0 Å². The second-order valence-electron chi connectivity index (χ2n) is 20.9. The summed E-state index contributed by atoms with van der Waals surface area (Å²) in [6, 6.07) is 90.1. The topological polar surface area (TPSA) is 51.2 Å². The van der Waals surface area contributed by atoms with E-state index in [2.05, 4.69) is 300 Å². The Kier molecular flexibility index (Phi) is 42.8. The molecule has 6 aromatic heterocycles. The van der Waals surface area contributed by atoms with Crippen LogP contribution >= 0.6 is 317 Å². The summed E-state index contributed by atoms with van der Waals surface area (Å²) in [5, 5.41) is 3.61. The minimum atomic E-state index is 0.652. The van der Waals surface area contributed by atoms with Crippen LogP contribution in [-0.2, 0) is 14.1 Å². The molecule has 0 aliphatic heterocycles. The number of thiophene rings is 6. The normalized spacial score (nSPS) is 9.92. The van der Waals surface area contributed by atoms with E-state index in [9.17, 15) is 14.1 Å². The molecule has 0 unspecified atom stereocenters. The molecule has 0 aliphatic carbocycles. The van der Waals surface area contributed by atoms with E-state index in [1.807, 2.05) is 121 Å². The molecule has 0 amide bonds. The summed E-state index contributed by atoms with van der Waals surface area (Å²) in [4.78, 5) is 7.52. The fourth-order valence-corrected chi connectivity index (χ4v) is 23.7. The standard InChI is InChI=1S/C16H10BrClS.C16H11BrS.2C10H5Br2ClS.2C6H4BClO.C6H5BO.2C4HBr3S/c17-14-10-15(11-6-8-13(18)9-7-11)19-16(14)12-4-2-1-3-5-12;17-14-11-15(12-7-3-1-4-8-12)18-16(14)13-9-5-2-6-10-13;2*11-8-5-9(14-10(8)12)6-1-3-7(13)4-2-6;2*8-6-3-1-5(7-9)2-4-6;8-7-6-4-2-1-3-5-6;2*5-2-1-3(6)8-4(2)7/h1-10H;1-11H;2*1-5H;2*1-4H;1-5H;2*1H. The van der Waals surface area contributed by atoms with E-state index >= 15 is 0 Å². The average Bonchev–Trinajstić information content (AvgIpc) is 1.70. The van der Waals surface area contributed by atoms with Crippen molar-refractivity contribution in [2.24, 2.45) is 0 Å². The Balaban J connectivity index is 0.000000171. The van der Waals surface area contributed by atoms with Gasteiger partial charge in [0, 0.05) is 71.2 Å². The molecule has 107 heavy (non-hydrogen) atoms. The van der Waals surface area contributed by atoms with E-state index in [0.717, 1.165) is 91.5 Å². The monoisotopic (exact) mass is 2380 g/mol. The van der Waals surface area contributed by atoms with Crippen molar-refractivity contribution >= 4 is 355 Å². The summed E-state index contributed by atoms with van der Waals surface area (Å²) in [5.41, 5.74) is 9.36. The SMILES string of the molecule is Brc1cc(-c2ccccc2)sc1-c1ccccc1.Brc1cc(Br)c(Br)s1.Brc1cc(Br)c(Br)s1.Clc1ccc(-c2cc(Br)c(-c3ccccc3)s2)cc1.Clc1ccc(-c2cc(Br)c(Br)s2)cc1.Clc1ccc(-c2cc(Br)c(Br)s2)cc1.O=Bc1ccc(Cl)cc1.O=Bc1ccc(Cl)cc1.O=Bc1ccccc1. The molecular weight excluding hydrogens is 2350 g/mol. The fourth-order valence-electron chi connectivity index (χ4n) is 8.27. The summed E-state index contributed by atoms with van der Waals surface area (Å²) in [6.45, 7) is 0. The van der Waals surface area contributed by atoms with Gasteiger partial charge in [-0.2, -0.15) is 0 Å². The third-order valence-electron chi connectivity index (χ3n) is 13.4. The molecule has 15 aromatic rings. The summed E-state index contributed by atoms with van der Waals surface area (Å²) >= 11 is 80.3. The van der Waals surface area contributed by atoms with Crippen LogP contribution in [0.2, 0.25) is 25.1 Å². The van der Waals surface area contributed by atoms with Gasteiger partial charge in [-0.1, -0.05) is 162 Å². The van der Waals surface area contributed by atoms with Crippen molar-refractivity contribution in [3.63, 3.8) is 0 Å². The summed E-state index contributed by atoms with van der Waals surface area (Å²) in [7, 11) is 2.41. The van der Waals surface area contributed by atoms with Crippen LogP contribution < -0.4 is 16.4 Å². The van der Waals surface area contributed by atoms with E-state index in [4.69, 9.17) is 58.0 Å². The molecule has 0 bridgehead atoms. The van der Waals surface area contributed by atoms with Crippen molar-refractivity contribution in [1.82, 2.24) is 0 Å². The van der Waals surface area contributed by atoms with Crippen molar-refractivity contribution in [2.75, 3.05) is 0 Å². The van der Waals surface area contributed by atoms with Gasteiger partial charge in [-0.25, -0.2) is 0 Å². The third kappa shape index (κ3) is 32.7. The van der Waals surface area contributed by atoms with Crippen LogP contribution in [0, 0.1) is 0 Å². The maximum atomic E-state index is 10.1. The van der Waals surface area contributed by atoms with E-state index in [1.54, 1.807) is 117 Å². The molecule has 0 saturated heterocycles. The average molecular weight is 2390 g/mol. The number of hydrogen-bond acceptors (Lipinski definition) is 9. The predicted molar refractivity (Wildman–Crippen MR) is 514 cm³/mol. The Morgan fingerprint density at radius 1 is 0.215 bits per heavy atom. The Hall–Kier alpha value is -2.02. The molecule has 0 aliphatic rings. The van der Waals surface area contributed by atoms with Crippen LogP contribution in [0.15, 0.2) is 329 Å². The molecule has 29 heteroatoms. The predicted octanol–water partition coefficient (Wildman–Crippen LogP) is 34.0. The number of halogens is 17. The summed E-state index contributed by atoms with van der Waals surface area (Å²) in [5.74, 6) is 0. The van der Waals surface area contributed by atoms with Gasteiger partial charge in [0.1, 0.15) is 0 Å². The van der Waals surface area contributed by atoms with Gasteiger partial charge in [-0.05, 0) is 297 Å². The number of benzene rings is 9. The first kappa shape index (κ1) is 92.2. The van der Waals surface area contributed by atoms with Gasteiger partial charge in [0.25, 0.3) is 0 Å². The Bertz CT molecular complexity index is 4940. The maximum absolute atomic E-state index is 10.1. The van der Waals surface area contributed by atoms with Gasteiger partial charge >= 0.3 is 164 Å². The van der Waals surface area contributed by atoms with Crippen molar-refractivity contribution in [1.29, 1.82) is 0 Å². The van der Waals surface area contributed by atoms with E-state index < -0.39 is 0 Å². The van der Waals surface area contributed by atoms with Crippen LogP contribution in [0.1, 0.15) is 0 Å². The van der Waals surface area contributed by atoms with Crippen molar-refractivity contribution in [3.05, 3.63) is 354 Å². The van der Waals surface area contributed by atoms with Crippen LogP contribution in [0.3, 0.4) is 0 Å². The fraction of sp³-hybridized carbons (Fsp3) is 0. The quantitative estimate of drug-likeness (QED) is 0.135. The van der Waals surface area contributed by atoms with Gasteiger partial charge in [0.05, 0.1) is 22.7 Å². The van der Waals surface area contributed by atoms with Crippen LogP contribution in [-0.4, -0.2) is 21.4 Å². The first-order valence-corrected chi connectivity index (χ1v) is 46.8. The third-order valence-corrected chi connectivity index (χ3v) is 33.0. The van der Waals surface area contributed by atoms with Crippen molar-refractivity contribution in [2.45, 2.75) is 0 Å². The van der Waals surface area contributed by atoms with E-state index in [0.29, 0.717) is 21.0 Å². The molecular formula is C78H46B3Br12Cl5O3S6. The van der Waals surface area contributed by atoms with Crippen LogP contribution in [0.5, 0.6) is 0 Å². The second-order valence-corrected chi connectivity index (χ2v) is 42.5. The van der Waals surface area contributed by atoms with Crippen molar-refractivity contribution < 1.29 is 14.1 Å². The van der Waals surface area contributed by atoms with Gasteiger partial charge in [-0.3, -0.25) is 0 Å². The molecule has 540 valence electrons. The zero-order valence-electron chi connectivity index (χ0n) is 54.4. The first-order chi connectivity index (χ1) is 51.4. The number of rotatable bonds is 9. The minimum absolute atomic E-state index is 0.652. The molecule has 0 atom stereocenters. The zero-order chi connectivity index (χ0) is 77.4. The molecule has 0 fully saturated rings. The van der Waals surface area contributed by atoms with Crippen LogP contribution in [0.25, 0.3) is 62.6 Å². The van der Waals surface area contributed by atoms with Gasteiger partial charge in [-0.15, -0.1) is 68.0 Å². The van der Waals surface area contributed by atoms with E-state index in [1.165, 1.54) is 62.6 Å².